The summed E-state index contributed by atoms with van der Waals surface area (Å²) in [6, 6.07) is 3.46. The monoisotopic (exact) mass is 321 g/mol. The number of carbonyl (C=O) groups is 2. The standard InChI is InChI=1S/C16H23N3O4/c1-22-15(20)4-6-19(8-7-18-9-11-23-12-10-18)16(21)14-3-2-5-17-13-14/h2-3,5,13H,4,6-12H2,1H3. The number of nitrogens with zero attached hydrogens (tertiary/aromatic N) is 3. The van der Waals surface area contributed by atoms with Crippen molar-refractivity contribution in [2.24, 2.45) is 0 Å². The Labute approximate surface area is 136 Å². The highest BCUT2D eigenvalue weighted by molar-refractivity contribution is 5.94. The average molecular weight is 321 g/mol. The third kappa shape index (κ3) is 5.61. The second-order valence-corrected chi connectivity index (χ2v) is 5.31. The predicted octanol–water partition coefficient (Wildman–Crippen LogP) is 0.419. The Bertz CT molecular complexity index is 503. The van der Waals surface area contributed by atoms with Gasteiger partial charge in [-0.3, -0.25) is 19.5 Å². The number of morpholine rings is 1. The minimum atomic E-state index is -0.319. The molecular weight excluding hydrogens is 298 g/mol. The highest BCUT2D eigenvalue weighted by atomic mass is 16.5. The zero-order chi connectivity index (χ0) is 16.5. The summed E-state index contributed by atoms with van der Waals surface area (Å²) >= 11 is 0. The Morgan fingerprint density at radius 3 is 2.78 bits per heavy atom. The van der Waals surface area contributed by atoms with Crippen LogP contribution >= 0.6 is 0 Å². The molecule has 1 saturated heterocycles. The largest absolute Gasteiger partial charge is 0.469 e. The molecule has 7 heteroatoms. The van der Waals surface area contributed by atoms with Crippen LogP contribution in [-0.4, -0.2) is 79.7 Å². The van der Waals surface area contributed by atoms with E-state index in [2.05, 4.69) is 14.6 Å². The quantitative estimate of drug-likeness (QED) is 0.678. The molecule has 1 aromatic heterocycles. The van der Waals surface area contributed by atoms with Crippen LogP contribution in [-0.2, 0) is 14.3 Å². The van der Waals surface area contributed by atoms with Gasteiger partial charge in [-0.2, -0.15) is 0 Å². The lowest BCUT2D eigenvalue weighted by atomic mass is 10.2. The summed E-state index contributed by atoms with van der Waals surface area (Å²) in [7, 11) is 1.35. The van der Waals surface area contributed by atoms with Crippen LogP contribution in [0.5, 0.6) is 0 Å². The van der Waals surface area contributed by atoms with Crippen molar-refractivity contribution in [3.8, 4) is 0 Å². The van der Waals surface area contributed by atoms with Gasteiger partial charge >= 0.3 is 5.97 Å². The van der Waals surface area contributed by atoms with Crippen LogP contribution in [0.1, 0.15) is 16.8 Å². The molecule has 0 radical (unpaired) electrons. The van der Waals surface area contributed by atoms with Gasteiger partial charge in [0.25, 0.3) is 5.91 Å². The van der Waals surface area contributed by atoms with E-state index in [1.807, 2.05) is 0 Å². The van der Waals surface area contributed by atoms with E-state index in [0.717, 1.165) is 32.8 Å². The number of carbonyl (C=O) groups excluding carboxylic acids is 2. The van der Waals surface area contributed by atoms with Crippen molar-refractivity contribution in [3.05, 3.63) is 30.1 Å². The Kier molecular flexibility index (Phi) is 6.96. The van der Waals surface area contributed by atoms with Gasteiger partial charge in [0.15, 0.2) is 0 Å². The fourth-order valence-electron chi connectivity index (χ4n) is 2.40. The molecule has 0 aromatic carbocycles. The van der Waals surface area contributed by atoms with Gasteiger partial charge in [-0.1, -0.05) is 0 Å². The van der Waals surface area contributed by atoms with E-state index in [1.165, 1.54) is 7.11 Å². The molecule has 126 valence electrons. The van der Waals surface area contributed by atoms with Crippen LogP contribution in [0.4, 0.5) is 0 Å². The van der Waals surface area contributed by atoms with Crippen LogP contribution in [0.25, 0.3) is 0 Å². The van der Waals surface area contributed by atoms with Crippen molar-refractivity contribution < 1.29 is 19.1 Å². The number of hydrogen-bond acceptors (Lipinski definition) is 6. The minimum Gasteiger partial charge on any atom is -0.469 e. The number of esters is 1. The van der Waals surface area contributed by atoms with E-state index in [9.17, 15) is 9.59 Å². The van der Waals surface area contributed by atoms with Crippen molar-refractivity contribution in [3.63, 3.8) is 0 Å². The summed E-state index contributed by atoms with van der Waals surface area (Å²) in [4.78, 5) is 31.9. The van der Waals surface area contributed by atoms with Crippen LogP contribution < -0.4 is 0 Å². The van der Waals surface area contributed by atoms with Gasteiger partial charge in [-0.25, -0.2) is 0 Å². The van der Waals surface area contributed by atoms with Crippen molar-refractivity contribution in [1.29, 1.82) is 0 Å². The molecule has 0 atom stereocenters. The average Bonchev–Trinajstić information content (AvgIpc) is 2.62. The number of aromatic nitrogens is 1. The summed E-state index contributed by atoms with van der Waals surface area (Å²) in [6.07, 6.45) is 3.36. The van der Waals surface area contributed by atoms with E-state index < -0.39 is 0 Å². The lowest BCUT2D eigenvalue weighted by Gasteiger charge is -2.30. The molecule has 1 amide bonds. The number of rotatable bonds is 7. The van der Waals surface area contributed by atoms with Crippen LogP contribution in [0.15, 0.2) is 24.5 Å². The van der Waals surface area contributed by atoms with Crippen LogP contribution in [0.2, 0.25) is 0 Å². The Morgan fingerprint density at radius 2 is 2.13 bits per heavy atom. The van der Waals surface area contributed by atoms with Gasteiger partial charge in [0.1, 0.15) is 0 Å². The first-order valence-corrected chi connectivity index (χ1v) is 7.77. The third-order valence-corrected chi connectivity index (χ3v) is 3.80. The molecule has 2 heterocycles. The highest BCUT2D eigenvalue weighted by Gasteiger charge is 2.19. The SMILES string of the molecule is COC(=O)CCN(CCN1CCOCC1)C(=O)c1cccnc1. The molecule has 0 N–H and O–H groups in total. The minimum absolute atomic E-state index is 0.115. The molecule has 0 bridgehead atoms. The normalized spacial score (nSPS) is 15.2. The summed E-state index contributed by atoms with van der Waals surface area (Å²) in [5.74, 6) is -0.435. The van der Waals surface area contributed by atoms with E-state index in [0.29, 0.717) is 18.7 Å². The summed E-state index contributed by atoms with van der Waals surface area (Å²) in [5.41, 5.74) is 0.527. The predicted molar refractivity (Wildman–Crippen MR) is 84.0 cm³/mol. The summed E-state index contributed by atoms with van der Waals surface area (Å²) in [6.45, 7) is 4.83. The summed E-state index contributed by atoms with van der Waals surface area (Å²) < 4.78 is 9.99. The van der Waals surface area contributed by atoms with Gasteiger partial charge in [0.05, 0.1) is 32.3 Å². The van der Waals surface area contributed by atoms with Crippen LogP contribution in [0.3, 0.4) is 0 Å². The maximum atomic E-state index is 12.6. The number of hydrogen-bond donors (Lipinski definition) is 0. The Morgan fingerprint density at radius 1 is 1.35 bits per heavy atom. The molecular formula is C16H23N3O4. The first-order valence-electron chi connectivity index (χ1n) is 7.77. The topological polar surface area (TPSA) is 72.0 Å². The zero-order valence-electron chi connectivity index (χ0n) is 13.4. The lowest BCUT2D eigenvalue weighted by Crippen LogP contribution is -2.43. The number of amides is 1. The fraction of sp³-hybridized carbons (Fsp3) is 0.562. The maximum absolute atomic E-state index is 12.6. The number of ether oxygens (including phenoxy) is 2. The first kappa shape index (κ1) is 17.4. The van der Waals surface area contributed by atoms with E-state index >= 15 is 0 Å². The molecule has 1 aliphatic heterocycles. The lowest BCUT2D eigenvalue weighted by molar-refractivity contribution is -0.140. The maximum Gasteiger partial charge on any atom is 0.307 e. The van der Waals surface area contributed by atoms with E-state index in [4.69, 9.17) is 4.74 Å². The van der Waals surface area contributed by atoms with E-state index in [1.54, 1.807) is 29.4 Å². The molecule has 0 unspecified atom stereocenters. The molecule has 1 aliphatic rings. The smallest absolute Gasteiger partial charge is 0.307 e. The molecule has 0 spiro atoms. The Balaban J connectivity index is 1.95. The van der Waals surface area contributed by atoms with Gasteiger partial charge < -0.3 is 14.4 Å². The van der Waals surface area contributed by atoms with Gasteiger partial charge in [0.2, 0.25) is 0 Å². The second-order valence-electron chi connectivity index (χ2n) is 5.31. The molecule has 1 aromatic rings. The van der Waals surface area contributed by atoms with Gasteiger partial charge in [0, 0.05) is 45.1 Å². The second kappa shape index (κ2) is 9.22. The molecule has 1 fully saturated rings. The molecule has 0 aliphatic carbocycles. The number of methoxy groups -OCH3 is 1. The fourth-order valence-corrected chi connectivity index (χ4v) is 2.40. The van der Waals surface area contributed by atoms with Gasteiger partial charge in [-0.05, 0) is 12.1 Å². The number of pyridine rings is 1. The van der Waals surface area contributed by atoms with E-state index in [-0.39, 0.29) is 18.3 Å². The molecule has 0 saturated carbocycles. The first-order chi connectivity index (χ1) is 11.2. The molecule has 2 rings (SSSR count). The van der Waals surface area contributed by atoms with Crippen molar-refractivity contribution in [2.75, 3.05) is 53.0 Å². The van der Waals surface area contributed by atoms with Gasteiger partial charge in [-0.15, -0.1) is 0 Å². The summed E-state index contributed by atoms with van der Waals surface area (Å²) in [5, 5.41) is 0. The Hall–Kier alpha value is -1.99. The van der Waals surface area contributed by atoms with Crippen molar-refractivity contribution in [2.45, 2.75) is 6.42 Å². The molecule has 7 nitrogen and oxygen atoms in total. The highest BCUT2D eigenvalue weighted by Crippen LogP contribution is 2.06. The van der Waals surface area contributed by atoms with Crippen molar-refractivity contribution >= 4 is 11.9 Å². The molecule has 23 heavy (non-hydrogen) atoms. The van der Waals surface area contributed by atoms with Crippen molar-refractivity contribution in [1.82, 2.24) is 14.8 Å². The van der Waals surface area contributed by atoms with Crippen LogP contribution in [0, 0.1) is 0 Å². The third-order valence-electron chi connectivity index (χ3n) is 3.80. The zero-order valence-corrected chi connectivity index (χ0v) is 13.4.